The van der Waals surface area contributed by atoms with Gasteiger partial charge in [0.15, 0.2) is 0 Å². The van der Waals surface area contributed by atoms with Gasteiger partial charge in [-0.15, -0.1) is 0 Å². The van der Waals surface area contributed by atoms with Crippen molar-refractivity contribution < 1.29 is 4.74 Å². The zero-order valence-corrected chi connectivity index (χ0v) is 12.5. The minimum Gasteiger partial charge on any atom is -0.381 e. The summed E-state index contributed by atoms with van der Waals surface area (Å²) in [6.45, 7) is 9.86. The van der Waals surface area contributed by atoms with Crippen molar-refractivity contribution in [2.75, 3.05) is 19.8 Å². The SMILES string of the molecule is CCCC(NCC)C(CC)SC1CCOCC1. The second kappa shape index (κ2) is 9.23. The maximum absolute atomic E-state index is 5.44. The smallest absolute Gasteiger partial charge is 0.0476 e. The quantitative estimate of drug-likeness (QED) is 0.721. The third-order valence-corrected chi connectivity index (χ3v) is 5.32. The highest BCUT2D eigenvalue weighted by molar-refractivity contribution is 8.00. The van der Waals surface area contributed by atoms with Crippen molar-refractivity contribution in [3.63, 3.8) is 0 Å². The van der Waals surface area contributed by atoms with E-state index in [1.165, 1.54) is 32.1 Å². The molecule has 0 saturated carbocycles. The van der Waals surface area contributed by atoms with E-state index in [-0.39, 0.29) is 0 Å². The fourth-order valence-corrected chi connectivity index (χ4v) is 4.10. The molecule has 17 heavy (non-hydrogen) atoms. The lowest BCUT2D eigenvalue weighted by molar-refractivity contribution is 0.0998. The van der Waals surface area contributed by atoms with E-state index >= 15 is 0 Å². The van der Waals surface area contributed by atoms with Crippen LogP contribution in [0.5, 0.6) is 0 Å². The number of nitrogens with one attached hydrogen (secondary N) is 1. The van der Waals surface area contributed by atoms with Gasteiger partial charge in [-0.1, -0.05) is 27.2 Å². The van der Waals surface area contributed by atoms with Crippen molar-refractivity contribution in [3.05, 3.63) is 0 Å². The summed E-state index contributed by atoms with van der Waals surface area (Å²) in [7, 11) is 0. The summed E-state index contributed by atoms with van der Waals surface area (Å²) in [6, 6.07) is 0.697. The Balaban J connectivity index is 2.42. The Hall–Kier alpha value is 0.270. The van der Waals surface area contributed by atoms with Crippen LogP contribution in [0, 0.1) is 0 Å². The van der Waals surface area contributed by atoms with Crippen LogP contribution in [0.25, 0.3) is 0 Å². The van der Waals surface area contributed by atoms with Gasteiger partial charge >= 0.3 is 0 Å². The molecule has 0 amide bonds. The van der Waals surface area contributed by atoms with E-state index in [0.717, 1.165) is 30.3 Å². The summed E-state index contributed by atoms with van der Waals surface area (Å²) in [5.74, 6) is 0. The maximum Gasteiger partial charge on any atom is 0.0476 e. The van der Waals surface area contributed by atoms with Gasteiger partial charge < -0.3 is 10.1 Å². The van der Waals surface area contributed by atoms with Crippen LogP contribution in [0.2, 0.25) is 0 Å². The van der Waals surface area contributed by atoms with Crippen LogP contribution in [0.15, 0.2) is 0 Å². The lowest BCUT2D eigenvalue weighted by Crippen LogP contribution is -2.39. The van der Waals surface area contributed by atoms with E-state index in [2.05, 4.69) is 37.8 Å². The molecule has 2 nitrogen and oxygen atoms in total. The molecule has 0 aliphatic carbocycles. The van der Waals surface area contributed by atoms with Crippen LogP contribution in [0.4, 0.5) is 0 Å². The first-order valence-corrected chi connectivity index (χ1v) is 8.22. The second-order valence-electron chi connectivity index (χ2n) is 4.85. The molecule has 0 spiro atoms. The predicted octanol–water partition coefficient (Wildman–Crippen LogP) is 3.46. The van der Waals surface area contributed by atoms with Crippen LogP contribution in [0.1, 0.15) is 52.9 Å². The van der Waals surface area contributed by atoms with Crippen LogP contribution in [-0.4, -0.2) is 36.3 Å². The Morgan fingerprint density at radius 2 is 1.94 bits per heavy atom. The first-order chi connectivity index (χ1) is 8.31. The van der Waals surface area contributed by atoms with Crippen molar-refractivity contribution in [2.45, 2.75) is 69.4 Å². The molecule has 0 bridgehead atoms. The third-order valence-electron chi connectivity index (χ3n) is 3.45. The third kappa shape index (κ3) is 5.62. The zero-order chi connectivity index (χ0) is 12.5. The van der Waals surface area contributed by atoms with E-state index in [4.69, 9.17) is 4.74 Å². The molecule has 0 aromatic heterocycles. The molecule has 1 aliphatic rings. The fourth-order valence-electron chi connectivity index (χ4n) is 2.53. The minimum absolute atomic E-state index is 0.697. The van der Waals surface area contributed by atoms with E-state index in [1.54, 1.807) is 0 Å². The normalized spacial score (nSPS) is 21.4. The van der Waals surface area contributed by atoms with Crippen LogP contribution >= 0.6 is 11.8 Å². The number of hydrogen-bond acceptors (Lipinski definition) is 3. The van der Waals surface area contributed by atoms with Gasteiger partial charge in [0.1, 0.15) is 0 Å². The topological polar surface area (TPSA) is 21.3 Å². The molecule has 1 saturated heterocycles. The highest BCUT2D eigenvalue weighted by Crippen LogP contribution is 2.30. The molecule has 1 heterocycles. The number of thioether (sulfide) groups is 1. The lowest BCUT2D eigenvalue weighted by Gasteiger charge is -2.31. The molecule has 1 fully saturated rings. The van der Waals surface area contributed by atoms with Crippen molar-refractivity contribution in [2.24, 2.45) is 0 Å². The van der Waals surface area contributed by atoms with Gasteiger partial charge in [-0.25, -0.2) is 0 Å². The highest BCUT2D eigenvalue weighted by Gasteiger charge is 2.24. The molecule has 0 radical (unpaired) electrons. The molecule has 0 aromatic rings. The lowest BCUT2D eigenvalue weighted by atomic mass is 10.1. The Kier molecular flexibility index (Phi) is 8.33. The number of hydrogen-bond donors (Lipinski definition) is 1. The van der Waals surface area contributed by atoms with E-state index in [0.29, 0.717) is 6.04 Å². The molecule has 0 aromatic carbocycles. The van der Waals surface area contributed by atoms with Crippen LogP contribution < -0.4 is 5.32 Å². The van der Waals surface area contributed by atoms with Gasteiger partial charge in [0.05, 0.1) is 0 Å². The summed E-state index contributed by atoms with van der Waals surface area (Å²) >= 11 is 2.21. The van der Waals surface area contributed by atoms with Crippen molar-refractivity contribution in [1.82, 2.24) is 5.32 Å². The molecule has 102 valence electrons. The Labute approximate surface area is 111 Å². The average Bonchev–Trinajstić information content (AvgIpc) is 2.37. The van der Waals surface area contributed by atoms with Gasteiger partial charge in [-0.2, -0.15) is 11.8 Å². The molecular weight excluding hydrogens is 230 g/mol. The van der Waals surface area contributed by atoms with Crippen molar-refractivity contribution in [3.8, 4) is 0 Å². The van der Waals surface area contributed by atoms with Gasteiger partial charge in [-0.05, 0) is 32.2 Å². The van der Waals surface area contributed by atoms with Gasteiger partial charge in [0.25, 0.3) is 0 Å². The summed E-state index contributed by atoms with van der Waals surface area (Å²) in [6.07, 6.45) is 6.35. The van der Waals surface area contributed by atoms with E-state index in [1.807, 2.05) is 0 Å². The summed E-state index contributed by atoms with van der Waals surface area (Å²) < 4.78 is 5.44. The fraction of sp³-hybridized carbons (Fsp3) is 1.00. The Morgan fingerprint density at radius 3 is 2.47 bits per heavy atom. The molecule has 1 N–H and O–H groups in total. The van der Waals surface area contributed by atoms with Crippen LogP contribution in [0.3, 0.4) is 0 Å². The Bertz CT molecular complexity index is 177. The zero-order valence-electron chi connectivity index (χ0n) is 11.7. The van der Waals surface area contributed by atoms with E-state index in [9.17, 15) is 0 Å². The van der Waals surface area contributed by atoms with E-state index < -0.39 is 0 Å². The summed E-state index contributed by atoms with van der Waals surface area (Å²) in [5.41, 5.74) is 0. The first-order valence-electron chi connectivity index (χ1n) is 7.28. The minimum atomic E-state index is 0.697. The largest absolute Gasteiger partial charge is 0.381 e. The first kappa shape index (κ1) is 15.3. The monoisotopic (exact) mass is 259 g/mol. The molecule has 1 aliphatic heterocycles. The molecule has 3 heteroatoms. The number of ether oxygens (including phenoxy) is 1. The molecule has 2 unspecified atom stereocenters. The number of rotatable bonds is 8. The maximum atomic E-state index is 5.44. The van der Waals surface area contributed by atoms with Gasteiger partial charge in [-0.3, -0.25) is 0 Å². The molecule has 1 rings (SSSR count). The van der Waals surface area contributed by atoms with Crippen molar-refractivity contribution in [1.29, 1.82) is 0 Å². The van der Waals surface area contributed by atoms with Crippen molar-refractivity contribution >= 4 is 11.8 Å². The average molecular weight is 259 g/mol. The van der Waals surface area contributed by atoms with Crippen LogP contribution in [-0.2, 0) is 4.74 Å². The standard InChI is InChI=1S/C14H29NOS/c1-4-7-13(15-6-3)14(5-2)17-12-8-10-16-11-9-12/h12-15H,4-11H2,1-3H3. The summed E-state index contributed by atoms with van der Waals surface area (Å²) in [5, 5.41) is 5.27. The highest BCUT2D eigenvalue weighted by atomic mass is 32.2. The predicted molar refractivity (Wildman–Crippen MR) is 77.9 cm³/mol. The molecule has 2 atom stereocenters. The second-order valence-corrected chi connectivity index (χ2v) is 6.39. The summed E-state index contributed by atoms with van der Waals surface area (Å²) in [4.78, 5) is 0. The molecular formula is C14H29NOS. The van der Waals surface area contributed by atoms with Gasteiger partial charge in [0, 0.05) is 29.8 Å². The van der Waals surface area contributed by atoms with Gasteiger partial charge in [0.2, 0.25) is 0 Å². The Morgan fingerprint density at radius 1 is 1.24 bits per heavy atom.